The first-order valence-corrected chi connectivity index (χ1v) is 13.5. The highest BCUT2D eigenvalue weighted by Gasteiger charge is 2.30. The van der Waals surface area contributed by atoms with Crippen molar-refractivity contribution < 1.29 is 21.6 Å². The highest BCUT2D eigenvalue weighted by Crippen LogP contribution is 2.28. The standard InChI is InChI=1S/C20H24Cl2N4O5S2/c1-24(2)32(28,29)17-6-4-16(5-7-17)23-20(27)14-25-9-11-26(12-10-25)33(30,31)19-13-15(21)3-8-18(19)22/h3-8,13H,9-12,14H2,1-2H3,(H,23,27). The zero-order chi connectivity index (χ0) is 24.4. The number of hydrogen-bond acceptors (Lipinski definition) is 6. The number of carbonyl (C=O) groups is 1. The lowest BCUT2D eigenvalue weighted by Crippen LogP contribution is -2.50. The van der Waals surface area contributed by atoms with Crippen molar-refractivity contribution in [3.63, 3.8) is 0 Å². The smallest absolute Gasteiger partial charge is 0.244 e. The molecule has 0 aromatic heterocycles. The van der Waals surface area contributed by atoms with E-state index in [0.29, 0.717) is 18.8 Å². The SMILES string of the molecule is CN(C)S(=O)(=O)c1ccc(NC(=O)CN2CCN(S(=O)(=O)c3cc(Cl)ccc3Cl)CC2)cc1. The van der Waals surface area contributed by atoms with Crippen LogP contribution in [0, 0.1) is 0 Å². The number of piperazine rings is 1. The third kappa shape index (κ3) is 6.04. The van der Waals surface area contributed by atoms with E-state index in [1.165, 1.54) is 60.9 Å². The van der Waals surface area contributed by atoms with Crippen molar-refractivity contribution in [1.29, 1.82) is 0 Å². The van der Waals surface area contributed by atoms with Crippen LogP contribution in [0.1, 0.15) is 0 Å². The van der Waals surface area contributed by atoms with Crippen LogP contribution < -0.4 is 5.32 Å². The van der Waals surface area contributed by atoms with E-state index in [0.717, 1.165) is 4.31 Å². The van der Waals surface area contributed by atoms with E-state index in [2.05, 4.69) is 5.32 Å². The van der Waals surface area contributed by atoms with Crippen molar-refractivity contribution in [1.82, 2.24) is 13.5 Å². The van der Waals surface area contributed by atoms with Gasteiger partial charge in [0.2, 0.25) is 26.0 Å². The summed E-state index contributed by atoms with van der Waals surface area (Å²) in [7, 11) is -4.46. The molecule has 1 aliphatic heterocycles. The number of nitrogens with one attached hydrogen (secondary N) is 1. The molecule has 1 aliphatic rings. The summed E-state index contributed by atoms with van der Waals surface area (Å²) in [5, 5.41) is 3.11. The number of carbonyl (C=O) groups excluding carboxylic acids is 1. The van der Waals surface area contributed by atoms with Gasteiger partial charge in [0.1, 0.15) is 4.90 Å². The largest absolute Gasteiger partial charge is 0.325 e. The number of amides is 1. The summed E-state index contributed by atoms with van der Waals surface area (Å²) in [6, 6.07) is 10.2. The van der Waals surface area contributed by atoms with E-state index in [9.17, 15) is 21.6 Å². The van der Waals surface area contributed by atoms with Gasteiger partial charge in [-0.05, 0) is 42.5 Å². The Bertz CT molecular complexity index is 1230. The molecule has 2 aromatic rings. The van der Waals surface area contributed by atoms with Gasteiger partial charge in [0.05, 0.1) is 16.5 Å². The van der Waals surface area contributed by atoms with Crippen molar-refractivity contribution in [2.75, 3.05) is 52.1 Å². The normalized spacial score (nSPS) is 16.2. The molecule has 1 N–H and O–H groups in total. The Morgan fingerprint density at radius 1 is 0.970 bits per heavy atom. The second-order valence-electron chi connectivity index (χ2n) is 7.61. The predicted octanol–water partition coefficient (Wildman–Crippen LogP) is 2.19. The second kappa shape index (κ2) is 10.3. The molecule has 0 radical (unpaired) electrons. The highest BCUT2D eigenvalue weighted by atomic mass is 35.5. The summed E-state index contributed by atoms with van der Waals surface area (Å²) in [4.78, 5) is 14.3. The van der Waals surface area contributed by atoms with Crippen molar-refractivity contribution in [2.45, 2.75) is 9.79 Å². The molecule has 0 aliphatic carbocycles. The van der Waals surface area contributed by atoms with Crippen LogP contribution in [-0.4, -0.2) is 83.1 Å². The lowest BCUT2D eigenvalue weighted by Gasteiger charge is -2.33. The molecule has 9 nitrogen and oxygen atoms in total. The summed E-state index contributed by atoms with van der Waals surface area (Å²) < 4.78 is 52.5. The topological polar surface area (TPSA) is 107 Å². The van der Waals surface area contributed by atoms with E-state index in [4.69, 9.17) is 23.2 Å². The van der Waals surface area contributed by atoms with E-state index in [1.807, 2.05) is 4.90 Å². The van der Waals surface area contributed by atoms with Crippen LogP contribution in [-0.2, 0) is 24.8 Å². The molecular formula is C20H24Cl2N4O5S2. The first-order chi connectivity index (χ1) is 15.4. The number of sulfonamides is 2. The fourth-order valence-electron chi connectivity index (χ4n) is 3.27. The van der Waals surface area contributed by atoms with Crippen LogP contribution in [0.25, 0.3) is 0 Å². The first-order valence-electron chi connectivity index (χ1n) is 9.91. The van der Waals surface area contributed by atoms with E-state index in [-0.39, 0.29) is 45.4 Å². The number of halogens is 2. The molecule has 0 bridgehead atoms. The molecule has 3 rings (SSSR count). The highest BCUT2D eigenvalue weighted by molar-refractivity contribution is 7.89. The van der Waals surface area contributed by atoms with Gasteiger partial charge in [-0.25, -0.2) is 21.1 Å². The molecule has 0 saturated carbocycles. The van der Waals surface area contributed by atoms with Crippen molar-refractivity contribution in [2.24, 2.45) is 0 Å². The Balaban J connectivity index is 1.56. The van der Waals surface area contributed by atoms with Crippen LogP contribution in [0.15, 0.2) is 52.3 Å². The van der Waals surface area contributed by atoms with Gasteiger partial charge in [0.25, 0.3) is 0 Å². The maximum absolute atomic E-state index is 12.9. The maximum Gasteiger partial charge on any atom is 0.244 e. The Morgan fingerprint density at radius 2 is 1.58 bits per heavy atom. The van der Waals surface area contributed by atoms with E-state index in [1.54, 1.807) is 0 Å². The third-order valence-electron chi connectivity index (χ3n) is 5.13. The lowest BCUT2D eigenvalue weighted by molar-refractivity contribution is -0.117. The summed E-state index contributed by atoms with van der Waals surface area (Å²) in [6.45, 7) is 1.21. The number of benzene rings is 2. The first kappa shape index (κ1) is 25.9. The molecular weight excluding hydrogens is 511 g/mol. The minimum absolute atomic E-state index is 0.0393. The van der Waals surface area contributed by atoms with Gasteiger partial charge in [-0.1, -0.05) is 23.2 Å². The van der Waals surface area contributed by atoms with Gasteiger partial charge in [0.15, 0.2) is 0 Å². The molecule has 1 heterocycles. The van der Waals surface area contributed by atoms with Gasteiger partial charge in [-0.3, -0.25) is 9.69 Å². The molecule has 1 fully saturated rings. The van der Waals surface area contributed by atoms with Gasteiger partial charge >= 0.3 is 0 Å². The zero-order valence-electron chi connectivity index (χ0n) is 18.0. The van der Waals surface area contributed by atoms with Crippen LogP contribution >= 0.6 is 23.2 Å². The fraction of sp³-hybridized carbons (Fsp3) is 0.350. The quantitative estimate of drug-likeness (QED) is 0.583. The van der Waals surface area contributed by atoms with Gasteiger partial charge in [-0.2, -0.15) is 4.31 Å². The van der Waals surface area contributed by atoms with Gasteiger partial charge in [-0.15, -0.1) is 0 Å². The van der Waals surface area contributed by atoms with Crippen molar-refractivity contribution in [3.05, 3.63) is 52.5 Å². The number of anilines is 1. The average Bonchev–Trinajstić information content (AvgIpc) is 2.76. The van der Waals surface area contributed by atoms with E-state index >= 15 is 0 Å². The van der Waals surface area contributed by atoms with Crippen LogP contribution in [0.5, 0.6) is 0 Å². The molecule has 1 amide bonds. The molecule has 180 valence electrons. The average molecular weight is 535 g/mol. The van der Waals surface area contributed by atoms with Crippen molar-refractivity contribution >= 4 is 54.8 Å². The van der Waals surface area contributed by atoms with Crippen LogP contribution in [0.4, 0.5) is 5.69 Å². The molecule has 2 aromatic carbocycles. The van der Waals surface area contributed by atoms with Crippen molar-refractivity contribution in [3.8, 4) is 0 Å². The minimum atomic E-state index is -3.80. The maximum atomic E-state index is 12.9. The minimum Gasteiger partial charge on any atom is -0.325 e. The monoisotopic (exact) mass is 534 g/mol. The second-order valence-corrected chi connectivity index (χ2v) is 12.5. The number of rotatable bonds is 7. The molecule has 13 heteroatoms. The molecule has 1 saturated heterocycles. The molecule has 0 unspecified atom stereocenters. The Kier molecular flexibility index (Phi) is 8.05. The molecule has 0 spiro atoms. The lowest BCUT2D eigenvalue weighted by atomic mass is 10.3. The fourth-order valence-corrected chi connectivity index (χ4v) is 6.33. The number of nitrogens with zero attached hydrogens (tertiary/aromatic N) is 3. The number of hydrogen-bond donors (Lipinski definition) is 1. The van der Waals surface area contributed by atoms with Gasteiger partial charge < -0.3 is 5.32 Å². The zero-order valence-corrected chi connectivity index (χ0v) is 21.2. The predicted molar refractivity (Wildman–Crippen MR) is 128 cm³/mol. The van der Waals surface area contributed by atoms with Crippen LogP contribution in [0.2, 0.25) is 10.0 Å². The third-order valence-corrected chi connectivity index (χ3v) is 9.57. The van der Waals surface area contributed by atoms with E-state index < -0.39 is 20.0 Å². The summed E-state index contributed by atoms with van der Waals surface area (Å²) in [5.74, 6) is -0.285. The molecule has 33 heavy (non-hydrogen) atoms. The summed E-state index contributed by atoms with van der Waals surface area (Å²) >= 11 is 12.0. The summed E-state index contributed by atoms with van der Waals surface area (Å²) in [5.41, 5.74) is 0.467. The molecule has 0 atom stereocenters. The Morgan fingerprint density at radius 3 is 2.15 bits per heavy atom. The van der Waals surface area contributed by atoms with Gasteiger partial charge in [0, 0.05) is 51.0 Å². The Labute approximate surface area is 204 Å². The Hall–Kier alpha value is -1.73. The van der Waals surface area contributed by atoms with Crippen LogP contribution in [0.3, 0.4) is 0 Å². The summed E-state index contributed by atoms with van der Waals surface area (Å²) in [6.07, 6.45) is 0.